The van der Waals surface area contributed by atoms with Gasteiger partial charge in [-0.25, -0.2) is 14.0 Å². The van der Waals surface area contributed by atoms with Gasteiger partial charge in [-0.15, -0.1) is 24.7 Å². The van der Waals surface area contributed by atoms with Crippen molar-refractivity contribution in [1.82, 2.24) is 4.57 Å². The first-order valence-corrected chi connectivity index (χ1v) is 15.7. The van der Waals surface area contributed by atoms with Gasteiger partial charge < -0.3 is 29.0 Å². The lowest BCUT2D eigenvalue weighted by Crippen LogP contribution is -2.93. The summed E-state index contributed by atoms with van der Waals surface area (Å²) in [6, 6.07) is 7.47. The van der Waals surface area contributed by atoms with E-state index in [4.69, 9.17) is 27.1 Å². The van der Waals surface area contributed by atoms with Crippen LogP contribution in [-0.4, -0.2) is 55.9 Å². The molecule has 3 heterocycles. The number of ether oxygens (including phenoxy) is 3. The van der Waals surface area contributed by atoms with E-state index in [0.717, 1.165) is 38.8 Å². The van der Waals surface area contributed by atoms with Crippen LogP contribution in [0.4, 0.5) is 10.1 Å². The minimum atomic E-state index is -0.884. The summed E-state index contributed by atoms with van der Waals surface area (Å²) in [5.74, 6) is 3.82. The van der Waals surface area contributed by atoms with E-state index >= 15 is 4.39 Å². The Labute approximate surface area is 267 Å². The molecule has 46 heavy (non-hydrogen) atoms. The molecule has 1 aromatic heterocycles. The zero-order valence-electron chi connectivity index (χ0n) is 25.8. The number of anilines is 1. The van der Waals surface area contributed by atoms with Gasteiger partial charge in [-0.3, -0.25) is 4.79 Å². The predicted molar refractivity (Wildman–Crippen MR) is 171 cm³/mol. The molecule has 1 saturated carbocycles. The fourth-order valence-electron chi connectivity index (χ4n) is 6.70. The number of benzene rings is 2. The molecule has 6 rings (SSSR count). The minimum absolute atomic E-state index is 0.0440. The Hall–Kier alpha value is -4.80. The molecule has 0 spiro atoms. The Kier molecular flexibility index (Phi) is 9.01. The highest BCUT2D eigenvalue weighted by Gasteiger charge is 2.40. The number of hydrogen-bond acceptors (Lipinski definition) is 7. The minimum Gasteiger partial charge on any atom is -0.492 e. The Morgan fingerprint density at radius 3 is 2.48 bits per heavy atom. The van der Waals surface area contributed by atoms with Crippen LogP contribution in [0, 0.1) is 42.3 Å². The Morgan fingerprint density at radius 2 is 1.83 bits per heavy atom. The van der Waals surface area contributed by atoms with E-state index in [0.29, 0.717) is 48.3 Å². The largest absolute Gasteiger partial charge is 0.492 e. The van der Waals surface area contributed by atoms with Crippen LogP contribution in [0.25, 0.3) is 10.9 Å². The molecular formula is C36H37FN3O6+. The fourth-order valence-corrected chi connectivity index (χ4v) is 6.70. The lowest BCUT2D eigenvalue weighted by Gasteiger charge is -2.24. The molecule has 0 bridgehead atoms. The Morgan fingerprint density at radius 1 is 1.09 bits per heavy atom. The van der Waals surface area contributed by atoms with Gasteiger partial charge in [0.05, 0.1) is 43.3 Å². The number of halogens is 1. The maximum Gasteiger partial charge on any atom is 0.349 e. The van der Waals surface area contributed by atoms with Crippen molar-refractivity contribution in [3.05, 3.63) is 63.7 Å². The monoisotopic (exact) mass is 626 g/mol. The number of piperidine rings is 1. The van der Waals surface area contributed by atoms with E-state index < -0.39 is 23.2 Å². The highest BCUT2D eigenvalue weighted by atomic mass is 19.1. The SMILES string of the molecule is C#CCC(CC#C)COC(=O)c1ccc(OC(=O)c2cn(C3CC3)c3c(OC)c(N4CC5CCC[NH2+]C5C4)c(F)cc3c2=O)cc1. The van der Waals surface area contributed by atoms with E-state index in [2.05, 4.69) is 17.2 Å². The number of methoxy groups -OCH3 is 1. The number of rotatable bonds is 10. The first-order chi connectivity index (χ1) is 22.3. The third-order valence-corrected chi connectivity index (χ3v) is 9.18. The van der Waals surface area contributed by atoms with Gasteiger partial charge in [0.15, 0.2) is 11.6 Å². The van der Waals surface area contributed by atoms with Gasteiger partial charge in [0, 0.05) is 43.5 Å². The number of quaternary nitrogens is 1. The number of carbonyl (C=O) groups excluding carboxylic acids is 2. The van der Waals surface area contributed by atoms with Crippen LogP contribution in [0.2, 0.25) is 0 Å². The van der Waals surface area contributed by atoms with Crippen molar-refractivity contribution in [3.8, 4) is 36.2 Å². The maximum atomic E-state index is 15.9. The number of carbonyl (C=O) groups is 2. The molecule has 3 aliphatic rings. The van der Waals surface area contributed by atoms with Crippen molar-refractivity contribution in [2.24, 2.45) is 11.8 Å². The lowest BCUT2D eigenvalue weighted by atomic mass is 9.94. The van der Waals surface area contributed by atoms with E-state index in [-0.39, 0.29) is 40.8 Å². The second kappa shape index (κ2) is 13.3. The molecule has 2 N–H and O–H groups in total. The smallest absolute Gasteiger partial charge is 0.349 e. The topological polar surface area (TPSA) is 104 Å². The molecule has 3 aromatic rings. The van der Waals surface area contributed by atoms with E-state index in [9.17, 15) is 14.4 Å². The summed E-state index contributed by atoms with van der Waals surface area (Å²) < 4.78 is 34.5. The van der Waals surface area contributed by atoms with E-state index in [1.54, 1.807) is 0 Å². The molecule has 0 amide bonds. The summed E-state index contributed by atoms with van der Waals surface area (Å²) >= 11 is 0. The summed E-state index contributed by atoms with van der Waals surface area (Å²) in [5.41, 5.74) is 0.236. The molecule has 10 heteroatoms. The third kappa shape index (κ3) is 6.18. The quantitative estimate of drug-likeness (QED) is 0.208. The first-order valence-electron chi connectivity index (χ1n) is 15.7. The van der Waals surface area contributed by atoms with Gasteiger partial charge in [0.2, 0.25) is 5.43 Å². The van der Waals surface area contributed by atoms with Crippen LogP contribution < -0.4 is 25.1 Å². The van der Waals surface area contributed by atoms with Crippen LogP contribution in [0.5, 0.6) is 11.5 Å². The predicted octanol–water partition coefficient (Wildman–Crippen LogP) is 3.68. The van der Waals surface area contributed by atoms with Gasteiger partial charge in [0.1, 0.15) is 23.0 Å². The van der Waals surface area contributed by atoms with E-state index in [1.807, 2.05) is 9.47 Å². The third-order valence-electron chi connectivity index (χ3n) is 9.18. The van der Waals surface area contributed by atoms with Gasteiger partial charge in [-0.05, 0) is 56.0 Å². The van der Waals surface area contributed by atoms with Crippen molar-refractivity contribution in [2.45, 2.75) is 50.6 Å². The number of esters is 2. The van der Waals surface area contributed by atoms with Gasteiger partial charge in [0.25, 0.3) is 0 Å². The van der Waals surface area contributed by atoms with Crippen LogP contribution >= 0.6 is 0 Å². The number of pyridine rings is 1. The molecule has 2 saturated heterocycles. The first kappa shape index (κ1) is 31.2. The number of nitrogens with zero attached hydrogens (tertiary/aromatic N) is 2. The van der Waals surface area contributed by atoms with Crippen LogP contribution in [0.15, 0.2) is 41.3 Å². The zero-order valence-corrected chi connectivity index (χ0v) is 25.8. The second-order valence-corrected chi connectivity index (χ2v) is 12.3. The Balaban J connectivity index is 1.25. The van der Waals surface area contributed by atoms with Crippen LogP contribution in [0.1, 0.15) is 65.3 Å². The van der Waals surface area contributed by atoms with Gasteiger partial charge in [-0.2, -0.15) is 0 Å². The molecule has 1 aliphatic carbocycles. The molecule has 0 radical (unpaired) electrons. The lowest BCUT2D eigenvalue weighted by molar-refractivity contribution is -0.699. The van der Waals surface area contributed by atoms with Crippen molar-refractivity contribution in [1.29, 1.82) is 0 Å². The molecule has 2 aromatic carbocycles. The number of fused-ring (bicyclic) bond motifs is 2. The normalized spacial score (nSPS) is 18.9. The fraction of sp³-hybridized carbons (Fsp3) is 0.417. The standard InChI is InChI=1S/C36H36FN3O6/c1-4-7-22(8-5-2)21-45-35(42)23-10-14-26(15-11-23)46-36(43)28-19-40(25-12-13-25)31-27(33(28)41)17-29(37)32(34(31)44-3)39-18-24-9-6-16-38-30(24)20-39/h1-2,10-11,14-15,17,19,22,24-25,30,38H,6-9,12-13,16,18,20-21H2,3H3/p+1. The summed E-state index contributed by atoms with van der Waals surface area (Å²) in [6.45, 7) is 2.59. The molecule has 2 unspecified atom stereocenters. The summed E-state index contributed by atoms with van der Waals surface area (Å²) in [4.78, 5) is 41.7. The van der Waals surface area contributed by atoms with E-state index in [1.165, 1.54) is 43.6 Å². The van der Waals surface area contributed by atoms with Crippen LogP contribution in [0.3, 0.4) is 0 Å². The zero-order chi connectivity index (χ0) is 32.4. The van der Waals surface area contributed by atoms with Crippen molar-refractivity contribution < 1.29 is 33.5 Å². The molecule has 9 nitrogen and oxygen atoms in total. The van der Waals surface area contributed by atoms with Crippen molar-refractivity contribution >= 4 is 28.5 Å². The molecular weight excluding hydrogens is 589 g/mol. The average molecular weight is 627 g/mol. The van der Waals surface area contributed by atoms with Gasteiger partial charge in [-0.1, -0.05) is 0 Å². The summed E-state index contributed by atoms with van der Waals surface area (Å²) in [7, 11) is 1.49. The van der Waals surface area contributed by atoms with Crippen LogP contribution in [-0.2, 0) is 4.74 Å². The second-order valence-electron chi connectivity index (χ2n) is 12.3. The Bertz CT molecular complexity index is 1770. The number of aromatic nitrogens is 1. The number of nitrogens with two attached hydrogens (primary N) is 1. The summed E-state index contributed by atoms with van der Waals surface area (Å²) in [5, 5.41) is 2.41. The van der Waals surface area contributed by atoms with Crippen molar-refractivity contribution in [2.75, 3.05) is 38.3 Å². The molecule has 2 atom stereocenters. The highest BCUT2D eigenvalue weighted by molar-refractivity contribution is 5.98. The average Bonchev–Trinajstić information content (AvgIpc) is 3.81. The molecule has 2 aliphatic heterocycles. The number of terminal acetylenes is 2. The highest BCUT2D eigenvalue weighted by Crippen LogP contribution is 2.44. The van der Waals surface area contributed by atoms with Crippen molar-refractivity contribution in [3.63, 3.8) is 0 Å². The molecule has 238 valence electrons. The number of hydrogen-bond donors (Lipinski definition) is 1. The maximum absolute atomic E-state index is 15.9. The summed E-state index contributed by atoms with van der Waals surface area (Å²) in [6.07, 6.45) is 17.0. The van der Waals surface area contributed by atoms with Gasteiger partial charge >= 0.3 is 11.9 Å². The molecule has 3 fully saturated rings.